The number of hydrogen-bond acceptors (Lipinski definition) is 6. The lowest BCUT2D eigenvalue weighted by Gasteiger charge is -2.05. The van der Waals surface area contributed by atoms with Gasteiger partial charge in [0.1, 0.15) is 5.75 Å². The summed E-state index contributed by atoms with van der Waals surface area (Å²) in [4.78, 5) is 9.78. The van der Waals surface area contributed by atoms with Gasteiger partial charge in [0.2, 0.25) is 0 Å². The van der Waals surface area contributed by atoms with Crippen molar-refractivity contribution in [3.8, 4) is 0 Å². The molecule has 0 atom stereocenters. The van der Waals surface area contributed by atoms with Crippen LogP contribution in [0, 0.1) is 10.1 Å². The van der Waals surface area contributed by atoms with Gasteiger partial charge >= 0.3 is 0 Å². The molecule has 0 radical (unpaired) electrons. The Morgan fingerprint density at radius 2 is 1.76 bits per heavy atom. The molecule has 94 valence electrons. The van der Waals surface area contributed by atoms with Gasteiger partial charge in [0.15, 0.2) is 16.1 Å². The van der Waals surface area contributed by atoms with Crippen molar-refractivity contribution in [1.29, 1.82) is 0 Å². The van der Waals surface area contributed by atoms with E-state index in [-0.39, 0.29) is 11.4 Å². The van der Waals surface area contributed by atoms with E-state index < -0.39 is 26.8 Å². The highest BCUT2D eigenvalue weighted by Crippen LogP contribution is 2.14. The van der Waals surface area contributed by atoms with Crippen LogP contribution in [0.25, 0.3) is 0 Å². The van der Waals surface area contributed by atoms with E-state index in [1.807, 2.05) is 0 Å². The SMILES string of the molecule is O=[N+]([O-])c1ccc(CS(=O)(=O)CC(O)O)cc1. The van der Waals surface area contributed by atoms with Crippen LogP contribution in [0.1, 0.15) is 5.56 Å². The molecule has 17 heavy (non-hydrogen) atoms. The van der Waals surface area contributed by atoms with E-state index in [1.54, 1.807) is 0 Å². The number of nitro groups is 1. The van der Waals surface area contributed by atoms with Crippen LogP contribution in [0.3, 0.4) is 0 Å². The van der Waals surface area contributed by atoms with Gasteiger partial charge in [0, 0.05) is 12.1 Å². The summed E-state index contributed by atoms with van der Waals surface area (Å²) in [7, 11) is -3.64. The number of aliphatic hydroxyl groups excluding tert-OH is 1. The van der Waals surface area contributed by atoms with Crippen LogP contribution >= 0.6 is 0 Å². The predicted octanol–water partition coefficient (Wildman–Crippen LogP) is -0.180. The Hall–Kier alpha value is -1.51. The van der Waals surface area contributed by atoms with Crippen molar-refractivity contribution in [3.63, 3.8) is 0 Å². The molecule has 1 rings (SSSR count). The van der Waals surface area contributed by atoms with Crippen LogP contribution in [0.5, 0.6) is 0 Å². The minimum Gasteiger partial charge on any atom is -0.367 e. The van der Waals surface area contributed by atoms with Crippen molar-refractivity contribution in [3.05, 3.63) is 39.9 Å². The van der Waals surface area contributed by atoms with E-state index in [1.165, 1.54) is 24.3 Å². The number of non-ortho nitro benzene ring substituents is 1. The molecule has 2 N–H and O–H groups in total. The second-order valence-corrected chi connectivity index (χ2v) is 5.57. The number of nitro benzene ring substituents is 1. The molecular weight excluding hydrogens is 250 g/mol. The third-order valence-corrected chi connectivity index (χ3v) is 3.52. The van der Waals surface area contributed by atoms with Crippen molar-refractivity contribution in [2.75, 3.05) is 5.75 Å². The first-order valence-corrected chi connectivity index (χ1v) is 6.42. The molecule has 0 spiro atoms. The zero-order valence-corrected chi connectivity index (χ0v) is 9.50. The zero-order valence-electron chi connectivity index (χ0n) is 8.68. The highest BCUT2D eigenvalue weighted by molar-refractivity contribution is 7.90. The standard InChI is InChI=1S/C9H11NO6S/c11-9(12)6-17(15,16)5-7-1-3-8(4-2-7)10(13)14/h1-4,9,11-12H,5-6H2. The molecule has 0 aromatic heterocycles. The Bertz CT molecular complexity index is 493. The van der Waals surface area contributed by atoms with Crippen molar-refractivity contribution in [2.24, 2.45) is 0 Å². The number of sulfone groups is 1. The molecule has 7 nitrogen and oxygen atoms in total. The van der Waals surface area contributed by atoms with Crippen LogP contribution in [0.4, 0.5) is 5.69 Å². The number of hydrogen-bond donors (Lipinski definition) is 2. The van der Waals surface area contributed by atoms with E-state index in [2.05, 4.69) is 0 Å². The molecule has 0 bridgehead atoms. The first-order chi connectivity index (χ1) is 7.80. The molecule has 0 aliphatic heterocycles. The van der Waals surface area contributed by atoms with Crippen molar-refractivity contribution < 1.29 is 23.6 Å². The number of rotatable bonds is 5. The normalized spacial score (nSPS) is 11.7. The maximum absolute atomic E-state index is 11.4. The monoisotopic (exact) mass is 261 g/mol. The summed E-state index contributed by atoms with van der Waals surface area (Å²) in [5.41, 5.74) is 0.226. The average molecular weight is 261 g/mol. The first kappa shape index (κ1) is 13.6. The number of aliphatic hydroxyl groups is 2. The minimum atomic E-state index is -3.64. The van der Waals surface area contributed by atoms with Gasteiger partial charge in [0.05, 0.1) is 10.7 Å². The van der Waals surface area contributed by atoms with E-state index in [0.29, 0.717) is 5.56 Å². The quantitative estimate of drug-likeness (QED) is 0.431. The predicted molar refractivity (Wildman–Crippen MR) is 58.8 cm³/mol. The van der Waals surface area contributed by atoms with Gasteiger partial charge in [-0.2, -0.15) is 0 Å². The maximum atomic E-state index is 11.4. The van der Waals surface area contributed by atoms with Gasteiger partial charge in [-0.1, -0.05) is 12.1 Å². The largest absolute Gasteiger partial charge is 0.367 e. The van der Waals surface area contributed by atoms with Crippen LogP contribution < -0.4 is 0 Å². The van der Waals surface area contributed by atoms with Crippen molar-refractivity contribution >= 4 is 15.5 Å². The summed E-state index contributed by atoms with van der Waals surface area (Å²) in [5, 5.41) is 27.5. The molecule has 0 saturated heterocycles. The van der Waals surface area contributed by atoms with E-state index >= 15 is 0 Å². The van der Waals surface area contributed by atoms with Gasteiger partial charge in [-0.05, 0) is 5.56 Å². The summed E-state index contributed by atoms with van der Waals surface area (Å²) in [5.74, 6) is -1.15. The van der Waals surface area contributed by atoms with Crippen LogP contribution in [0.2, 0.25) is 0 Å². The van der Waals surface area contributed by atoms with Crippen molar-refractivity contribution in [1.82, 2.24) is 0 Å². The molecule has 0 heterocycles. The fraction of sp³-hybridized carbons (Fsp3) is 0.333. The molecule has 1 aromatic carbocycles. The third kappa shape index (κ3) is 4.47. The van der Waals surface area contributed by atoms with Crippen LogP contribution in [-0.2, 0) is 15.6 Å². The Morgan fingerprint density at radius 1 is 1.24 bits per heavy atom. The first-order valence-electron chi connectivity index (χ1n) is 4.60. The summed E-state index contributed by atoms with van der Waals surface area (Å²) >= 11 is 0. The van der Waals surface area contributed by atoms with Gasteiger partial charge < -0.3 is 10.2 Å². The summed E-state index contributed by atoms with van der Waals surface area (Å²) in [6.07, 6.45) is -1.92. The lowest BCUT2D eigenvalue weighted by atomic mass is 10.2. The molecule has 0 fully saturated rings. The number of benzene rings is 1. The lowest BCUT2D eigenvalue weighted by Crippen LogP contribution is -2.21. The molecule has 0 aliphatic rings. The Labute approximate surface area is 97.4 Å². The van der Waals surface area contributed by atoms with Crippen molar-refractivity contribution in [2.45, 2.75) is 12.0 Å². The fourth-order valence-electron chi connectivity index (χ4n) is 1.25. The Balaban J connectivity index is 2.79. The second-order valence-electron chi connectivity index (χ2n) is 3.46. The van der Waals surface area contributed by atoms with E-state index in [9.17, 15) is 18.5 Å². The summed E-state index contributed by atoms with van der Waals surface area (Å²) in [6, 6.07) is 5.03. The van der Waals surface area contributed by atoms with E-state index in [0.717, 1.165) is 0 Å². The molecule has 0 aliphatic carbocycles. The topological polar surface area (TPSA) is 118 Å². The summed E-state index contributed by atoms with van der Waals surface area (Å²) in [6.45, 7) is 0. The minimum absolute atomic E-state index is 0.131. The zero-order chi connectivity index (χ0) is 13.1. The third-order valence-electron chi connectivity index (χ3n) is 1.94. The second kappa shape index (κ2) is 5.21. The molecule has 0 unspecified atom stereocenters. The van der Waals surface area contributed by atoms with Gasteiger partial charge in [-0.15, -0.1) is 0 Å². The average Bonchev–Trinajstić information content (AvgIpc) is 2.15. The Morgan fingerprint density at radius 3 is 2.18 bits per heavy atom. The lowest BCUT2D eigenvalue weighted by molar-refractivity contribution is -0.384. The molecule has 8 heteroatoms. The molecular formula is C9H11NO6S. The van der Waals surface area contributed by atoms with E-state index in [4.69, 9.17) is 10.2 Å². The molecule has 0 amide bonds. The highest BCUT2D eigenvalue weighted by atomic mass is 32.2. The number of nitrogens with zero attached hydrogens (tertiary/aromatic N) is 1. The maximum Gasteiger partial charge on any atom is 0.269 e. The Kier molecular flexibility index (Phi) is 4.16. The van der Waals surface area contributed by atoms with Crippen LogP contribution in [0.15, 0.2) is 24.3 Å². The van der Waals surface area contributed by atoms with Gasteiger partial charge in [-0.3, -0.25) is 10.1 Å². The van der Waals surface area contributed by atoms with Gasteiger partial charge in [0.25, 0.3) is 5.69 Å². The highest BCUT2D eigenvalue weighted by Gasteiger charge is 2.16. The smallest absolute Gasteiger partial charge is 0.269 e. The fourth-order valence-corrected chi connectivity index (χ4v) is 2.53. The molecule has 1 aromatic rings. The summed E-state index contributed by atoms with van der Waals surface area (Å²) < 4.78 is 22.8. The van der Waals surface area contributed by atoms with Crippen LogP contribution in [-0.4, -0.2) is 35.6 Å². The van der Waals surface area contributed by atoms with Gasteiger partial charge in [-0.25, -0.2) is 8.42 Å². The molecule has 0 saturated carbocycles.